The molecule has 0 N–H and O–H groups in total. The van der Waals surface area contributed by atoms with E-state index in [1.165, 1.54) is 0 Å². The molecule has 2 heterocycles. The van der Waals surface area contributed by atoms with Crippen molar-refractivity contribution >= 4 is 17.3 Å². The van der Waals surface area contributed by atoms with Crippen molar-refractivity contribution < 1.29 is 0 Å². The zero-order valence-electron chi connectivity index (χ0n) is 11.0. The van der Waals surface area contributed by atoms with E-state index in [1.54, 1.807) is 10.7 Å². The second kappa shape index (κ2) is 4.68. The summed E-state index contributed by atoms with van der Waals surface area (Å²) in [6, 6.07) is 12.0. The van der Waals surface area contributed by atoms with Crippen molar-refractivity contribution in [3.63, 3.8) is 0 Å². The first-order chi connectivity index (χ1) is 9.29. The van der Waals surface area contributed by atoms with Gasteiger partial charge in [0, 0.05) is 25.2 Å². The minimum Gasteiger partial charge on any atom is -0.313 e. The number of aromatic nitrogens is 4. The van der Waals surface area contributed by atoms with Crippen LogP contribution in [-0.4, -0.2) is 26.6 Å². The van der Waals surface area contributed by atoms with Crippen LogP contribution in [0.2, 0.25) is 0 Å². The molecule has 96 valence electrons. The van der Waals surface area contributed by atoms with Crippen molar-refractivity contribution in [3.8, 4) is 0 Å². The lowest BCUT2D eigenvalue weighted by Crippen LogP contribution is -2.17. The molecule has 0 aliphatic rings. The minimum absolute atomic E-state index is 0.776. The number of benzene rings is 1. The molecule has 0 saturated heterocycles. The molecular formula is C14H15N5. The molecule has 3 aromatic rings. The van der Waals surface area contributed by atoms with Gasteiger partial charge in [-0.2, -0.15) is 14.6 Å². The van der Waals surface area contributed by atoms with E-state index in [4.69, 9.17) is 0 Å². The summed E-state index contributed by atoms with van der Waals surface area (Å²) in [5.41, 5.74) is 1.89. The van der Waals surface area contributed by atoms with Gasteiger partial charge in [0.1, 0.15) is 5.82 Å². The summed E-state index contributed by atoms with van der Waals surface area (Å²) in [5.74, 6) is 1.60. The van der Waals surface area contributed by atoms with Crippen molar-refractivity contribution in [1.82, 2.24) is 19.6 Å². The largest absolute Gasteiger partial charge is 0.313 e. The Bertz CT molecular complexity index is 689. The van der Waals surface area contributed by atoms with Crippen LogP contribution in [0.15, 0.2) is 42.6 Å². The highest BCUT2D eigenvalue weighted by Crippen LogP contribution is 2.21. The predicted molar refractivity (Wildman–Crippen MR) is 74.7 cm³/mol. The van der Waals surface area contributed by atoms with Crippen LogP contribution in [-0.2, 0) is 6.42 Å². The number of nitrogens with zero attached hydrogens (tertiary/aromatic N) is 5. The molecular weight excluding hydrogens is 238 g/mol. The number of hydrogen-bond donors (Lipinski definition) is 0. The maximum Gasteiger partial charge on any atom is 0.234 e. The molecule has 5 heteroatoms. The highest BCUT2D eigenvalue weighted by atomic mass is 15.4. The van der Waals surface area contributed by atoms with Crippen LogP contribution in [0.25, 0.3) is 5.65 Å². The molecule has 0 bridgehead atoms. The van der Waals surface area contributed by atoms with Crippen molar-refractivity contribution in [2.24, 2.45) is 0 Å². The molecule has 0 spiro atoms. The molecule has 0 fully saturated rings. The average molecular weight is 253 g/mol. The average Bonchev–Trinajstić information content (AvgIpc) is 2.94. The summed E-state index contributed by atoms with van der Waals surface area (Å²) >= 11 is 0. The Balaban J connectivity index is 2.16. The fourth-order valence-electron chi connectivity index (χ4n) is 2.00. The second-order valence-electron chi connectivity index (χ2n) is 4.29. The number of hydrogen-bond acceptors (Lipinski definition) is 4. The van der Waals surface area contributed by atoms with Crippen molar-refractivity contribution in [1.29, 1.82) is 0 Å². The summed E-state index contributed by atoms with van der Waals surface area (Å²) in [6.45, 7) is 2.05. The SMILES string of the molecule is CCc1nc(N(C)c2ccccc2)n2nccc2n1. The summed E-state index contributed by atoms with van der Waals surface area (Å²) < 4.78 is 1.76. The number of fused-ring (bicyclic) bond motifs is 1. The second-order valence-corrected chi connectivity index (χ2v) is 4.29. The molecule has 0 unspecified atom stereocenters. The third-order valence-electron chi connectivity index (χ3n) is 3.04. The molecule has 0 saturated carbocycles. The summed E-state index contributed by atoms with van der Waals surface area (Å²) in [6.07, 6.45) is 2.54. The molecule has 0 radical (unpaired) electrons. The number of anilines is 2. The van der Waals surface area contributed by atoms with Gasteiger partial charge in [-0.05, 0) is 12.1 Å². The number of rotatable bonds is 3. The molecule has 3 rings (SSSR count). The monoisotopic (exact) mass is 253 g/mol. The van der Waals surface area contributed by atoms with Crippen LogP contribution >= 0.6 is 0 Å². The molecule has 19 heavy (non-hydrogen) atoms. The van der Waals surface area contributed by atoms with Crippen LogP contribution in [0.3, 0.4) is 0 Å². The molecule has 0 aliphatic heterocycles. The topological polar surface area (TPSA) is 46.3 Å². The first-order valence-electron chi connectivity index (χ1n) is 6.29. The van der Waals surface area contributed by atoms with Crippen LogP contribution < -0.4 is 4.90 Å². The molecule has 0 aliphatic carbocycles. The summed E-state index contributed by atoms with van der Waals surface area (Å²) in [5, 5.41) is 4.29. The first kappa shape index (κ1) is 11.6. The summed E-state index contributed by atoms with van der Waals surface area (Å²) in [7, 11) is 1.98. The first-order valence-corrected chi connectivity index (χ1v) is 6.29. The van der Waals surface area contributed by atoms with Crippen LogP contribution in [0.1, 0.15) is 12.7 Å². The molecule has 0 amide bonds. The molecule has 0 atom stereocenters. The highest BCUT2D eigenvalue weighted by molar-refractivity contribution is 5.58. The zero-order valence-corrected chi connectivity index (χ0v) is 11.0. The van der Waals surface area contributed by atoms with E-state index in [-0.39, 0.29) is 0 Å². The lowest BCUT2D eigenvalue weighted by Gasteiger charge is -2.19. The standard InChI is InChI=1S/C14H15N5/c1-3-12-16-13-9-10-15-19(13)14(17-12)18(2)11-7-5-4-6-8-11/h4-10H,3H2,1-2H3. The van der Waals surface area contributed by atoms with Crippen molar-refractivity contribution in [3.05, 3.63) is 48.4 Å². The predicted octanol–water partition coefficient (Wildman–Crippen LogP) is 2.45. The van der Waals surface area contributed by atoms with Gasteiger partial charge in [0.05, 0.1) is 6.20 Å². The maximum atomic E-state index is 4.58. The van der Waals surface area contributed by atoms with Gasteiger partial charge >= 0.3 is 0 Å². The van der Waals surface area contributed by atoms with E-state index in [9.17, 15) is 0 Å². The smallest absolute Gasteiger partial charge is 0.234 e. The van der Waals surface area contributed by atoms with Gasteiger partial charge in [0.25, 0.3) is 0 Å². The Labute approximate surface area is 111 Å². The van der Waals surface area contributed by atoms with Gasteiger partial charge in [-0.1, -0.05) is 25.1 Å². The number of aryl methyl sites for hydroxylation is 1. The fraction of sp³-hybridized carbons (Fsp3) is 0.214. The van der Waals surface area contributed by atoms with Gasteiger partial charge in [0.2, 0.25) is 5.95 Å². The normalized spacial score (nSPS) is 10.8. The van der Waals surface area contributed by atoms with E-state index in [1.807, 2.05) is 48.3 Å². The van der Waals surface area contributed by atoms with Crippen molar-refractivity contribution in [2.75, 3.05) is 11.9 Å². The Morgan fingerprint density at radius 2 is 1.89 bits per heavy atom. The van der Waals surface area contributed by atoms with Gasteiger partial charge in [-0.15, -0.1) is 0 Å². The summed E-state index contributed by atoms with van der Waals surface area (Å²) in [4.78, 5) is 11.1. The Morgan fingerprint density at radius 3 is 2.63 bits per heavy atom. The Hall–Kier alpha value is -2.43. The van der Waals surface area contributed by atoms with Crippen molar-refractivity contribution in [2.45, 2.75) is 13.3 Å². The van der Waals surface area contributed by atoms with Crippen LogP contribution in [0.5, 0.6) is 0 Å². The Kier molecular flexibility index (Phi) is 2.87. The third kappa shape index (κ3) is 2.03. The van der Waals surface area contributed by atoms with E-state index >= 15 is 0 Å². The van der Waals surface area contributed by atoms with E-state index in [0.717, 1.165) is 29.5 Å². The lowest BCUT2D eigenvalue weighted by atomic mass is 10.3. The lowest BCUT2D eigenvalue weighted by molar-refractivity contribution is 0.823. The van der Waals surface area contributed by atoms with Gasteiger partial charge < -0.3 is 4.90 Å². The zero-order chi connectivity index (χ0) is 13.2. The Morgan fingerprint density at radius 1 is 1.11 bits per heavy atom. The minimum atomic E-state index is 0.776. The van der Waals surface area contributed by atoms with Gasteiger partial charge in [-0.25, -0.2) is 4.98 Å². The quantitative estimate of drug-likeness (QED) is 0.719. The maximum absolute atomic E-state index is 4.58. The van der Waals surface area contributed by atoms with E-state index in [0.29, 0.717) is 0 Å². The van der Waals surface area contributed by atoms with E-state index < -0.39 is 0 Å². The molecule has 1 aromatic carbocycles. The number of para-hydroxylation sites is 1. The molecule has 2 aromatic heterocycles. The van der Waals surface area contributed by atoms with E-state index in [2.05, 4.69) is 22.0 Å². The fourth-order valence-corrected chi connectivity index (χ4v) is 2.00. The van der Waals surface area contributed by atoms with Crippen LogP contribution in [0.4, 0.5) is 11.6 Å². The highest BCUT2D eigenvalue weighted by Gasteiger charge is 2.12. The van der Waals surface area contributed by atoms with Gasteiger partial charge in [-0.3, -0.25) is 0 Å². The van der Waals surface area contributed by atoms with Crippen LogP contribution in [0, 0.1) is 0 Å². The molecule has 5 nitrogen and oxygen atoms in total. The van der Waals surface area contributed by atoms with Gasteiger partial charge in [0.15, 0.2) is 5.65 Å². The third-order valence-corrected chi connectivity index (χ3v) is 3.04.